The van der Waals surface area contributed by atoms with Gasteiger partial charge in [0.25, 0.3) is 5.91 Å². The van der Waals surface area contributed by atoms with Crippen LogP contribution in [0.3, 0.4) is 0 Å². The fourth-order valence-electron chi connectivity index (χ4n) is 5.44. The van der Waals surface area contributed by atoms with E-state index >= 15 is 0 Å². The third-order valence-corrected chi connectivity index (χ3v) is 7.46. The molecular weight excluding hydrogens is 487 g/mol. The lowest BCUT2D eigenvalue weighted by Gasteiger charge is -2.63. The Hall–Kier alpha value is -3.66. The minimum atomic E-state index is -1.12. The maximum Gasteiger partial charge on any atom is 0.255 e. The molecule has 7 rings (SSSR count). The van der Waals surface area contributed by atoms with Crippen molar-refractivity contribution in [1.82, 2.24) is 4.90 Å². The van der Waals surface area contributed by atoms with E-state index < -0.39 is 24.2 Å². The van der Waals surface area contributed by atoms with Gasteiger partial charge in [-0.3, -0.25) is 9.69 Å². The van der Waals surface area contributed by atoms with E-state index in [1.165, 1.54) is 0 Å². The first kappa shape index (κ1) is 24.7. The number of hydrogen-bond acceptors (Lipinski definition) is 7. The maximum absolute atomic E-state index is 14.7. The van der Waals surface area contributed by atoms with Gasteiger partial charge in [0.2, 0.25) is 5.85 Å². The van der Waals surface area contributed by atoms with Crippen molar-refractivity contribution in [2.24, 2.45) is 0 Å². The van der Waals surface area contributed by atoms with Gasteiger partial charge in [0.1, 0.15) is 30.7 Å². The predicted octanol–water partition coefficient (Wildman–Crippen LogP) is 3.97. The summed E-state index contributed by atoms with van der Waals surface area (Å²) in [6.07, 6.45) is -1.94. The summed E-state index contributed by atoms with van der Waals surface area (Å²) in [7, 11) is 0. The van der Waals surface area contributed by atoms with Crippen molar-refractivity contribution < 1.29 is 23.8 Å². The number of piperidine rings is 1. The first-order valence-electron chi connectivity index (χ1n) is 12.9. The number of para-hydroxylation sites is 4. The van der Waals surface area contributed by atoms with Gasteiger partial charge in [-0.25, -0.2) is 4.39 Å². The molecule has 0 radical (unpaired) electrons. The summed E-state index contributed by atoms with van der Waals surface area (Å²) in [5, 5.41) is 17.2. The molecule has 3 saturated heterocycles. The van der Waals surface area contributed by atoms with Crippen LogP contribution in [0.1, 0.15) is 22.3 Å². The molecule has 3 aromatic rings. The van der Waals surface area contributed by atoms with Gasteiger partial charge in [0.05, 0.1) is 23.7 Å². The zero-order chi connectivity index (χ0) is 26.3. The van der Waals surface area contributed by atoms with Crippen molar-refractivity contribution in [2.45, 2.75) is 37.6 Å². The van der Waals surface area contributed by atoms with Crippen LogP contribution in [0.15, 0.2) is 72.8 Å². The summed E-state index contributed by atoms with van der Waals surface area (Å²) in [5.74, 6) is -0.614. The lowest BCUT2D eigenvalue weighted by atomic mass is 9.91. The normalized spacial score (nSPS) is 24.7. The molecule has 0 aromatic heterocycles. The molecule has 4 aliphatic heterocycles. The average molecular weight is 519 g/mol. The van der Waals surface area contributed by atoms with Crippen molar-refractivity contribution in [3.05, 3.63) is 83.9 Å². The van der Waals surface area contributed by atoms with Crippen LogP contribution < -0.4 is 20.3 Å². The maximum atomic E-state index is 14.7. The van der Waals surface area contributed by atoms with Gasteiger partial charge >= 0.3 is 0 Å². The Morgan fingerprint density at radius 3 is 2.74 bits per heavy atom. The van der Waals surface area contributed by atoms with Crippen LogP contribution in [-0.2, 0) is 4.74 Å². The lowest BCUT2D eigenvalue weighted by Crippen LogP contribution is -2.78. The molecule has 0 aliphatic carbocycles. The molecule has 0 spiro atoms. The molecule has 4 unspecified atom stereocenters. The summed E-state index contributed by atoms with van der Waals surface area (Å²) >= 11 is 0. The number of ether oxygens (including phenoxy) is 2. The van der Waals surface area contributed by atoms with Crippen molar-refractivity contribution in [2.75, 3.05) is 41.9 Å². The second-order valence-electron chi connectivity index (χ2n) is 10.1. The summed E-state index contributed by atoms with van der Waals surface area (Å²) in [5.41, 5.74) is 4.12. The zero-order valence-corrected chi connectivity index (χ0v) is 21.1. The smallest absolute Gasteiger partial charge is 0.255 e. The number of amides is 1. The number of benzene rings is 3. The van der Waals surface area contributed by atoms with Gasteiger partial charge in [-0.2, -0.15) is 0 Å². The molecule has 4 atom stereocenters. The number of aliphatic hydroxyl groups is 1. The number of carbonyl (C=O) groups is 1. The summed E-state index contributed by atoms with van der Waals surface area (Å²) in [6.45, 7) is 2.82. The Morgan fingerprint density at radius 1 is 1.18 bits per heavy atom. The Bertz CT molecular complexity index is 1310. The summed E-state index contributed by atoms with van der Waals surface area (Å²) < 4.78 is 26.8. The number of hydrogen-bond donors (Lipinski definition) is 3. The minimum absolute atomic E-state index is 0.0286. The Balaban J connectivity index is 1.12. The highest BCUT2D eigenvalue weighted by atomic mass is 19.1. The number of alkyl halides is 1. The van der Waals surface area contributed by atoms with Crippen molar-refractivity contribution in [1.29, 1.82) is 0 Å². The van der Waals surface area contributed by atoms with E-state index in [0.717, 1.165) is 16.9 Å². The second-order valence-corrected chi connectivity index (χ2v) is 10.1. The Labute approximate surface area is 221 Å². The fraction of sp³-hybridized carbons (Fsp3) is 0.345. The highest BCUT2D eigenvalue weighted by Crippen LogP contribution is 2.50. The van der Waals surface area contributed by atoms with Crippen LogP contribution in [0.4, 0.5) is 21.5 Å². The molecule has 3 N–H and O–H groups in total. The van der Waals surface area contributed by atoms with Gasteiger partial charge in [-0.1, -0.05) is 42.0 Å². The van der Waals surface area contributed by atoms with E-state index in [4.69, 9.17) is 9.47 Å². The highest BCUT2D eigenvalue weighted by molar-refractivity contribution is 6.05. The molecule has 9 heteroatoms. The number of aliphatic hydroxyl groups excluding tert-OH is 1. The number of nitrogens with one attached hydrogen (secondary N) is 2. The predicted molar refractivity (Wildman–Crippen MR) is 143 cm³/mol. The molecule has 4 heterocycles. The zero-order valence-electron chi connectivity index (χ0n) is 21.1. The highest BCUT2D eigenvalue weighted by Gasteiger charge is 2.62. The Morgan fingerprint density at radius 2 is 1.92 bits per heavy atom. The van der Waals surface area contributed by atoms with Crippen LogP contribution in [-0.4, -0.2) is 66.5 Å². The molecule has 4 aliphatic rings. The topological polar surface area (TPSA) is 86.3 Å². The fourth-order valence-corrected chi connectivity index (χ4v) is 5.44. The standard InChI is InChI=1S/C29H31FN4O4/c1-19-10-12-20(13-11-19)28(36)32-24-7-3-5-9-26(24)37-17-21(35)15-33-16-22(30)27-14-29(33,38-27)34-18-31-23-6-2-4-8-25(23)34/h2-13,21-22,27,31,35H,14-18H2,1H3,(H,32,36). The lowest BCUT2D eigenvalue weighted by molar-refractivity contribution is -0.334. The number of halogens is 1. The second kappa shape index (κ2) is 9.90. The van der Waals surface area contributed by atoms with Crippen molar-refractivity contribution in [3.63, 3.8) is 0 Å². The molecule has 3 aromatic carbocycles. The number of fused-ring (bicyclic) bond motifs is 3. The van der Waals surface area contributed by atoms with Gasteiger partial charge in [-0.05, 0) is 43.3 Å². The number of carbonyl (C=O) groups excluding carboxylic acids is 1. The molecule has 0 saturated carbocycles. The molecule has 2 bridgehead atoms. The van der Waals surface area contributed by atoms with E-state index in [0.29, 0.717) is 30.1 Å². The van der Waals surface area contributed by atoms with E-state index in [1.54, 1.807) is 36.4 Å². The first-order chi connectivity index (χ1) is 18.4. The Kier molecular flexibility index (Phi) is 6.43. The summed E-state index contributed by atoms with van der Waals surface area (Å²) in [4.78, 5) is 16.7. The van der Waals surface area contributed by atoms with Gasteiger partial charge in [0, 0.05) is 25.1 Å². The van der Waals surface area contributed by atoms with E-state index in [2.05, 4.69) is 15.5 Å². The molecule has 8 nitrogen and oxygen atoms in total. The number of anilines is 3. The quantitative estimate of drug-likeness (QED) is 0.416. The van der Waals surface area contributed by atoms with Crippen LogP contribution in [0.5, 0.6) is 5.75 Å². The SMILES string of the molecule is Cc1ccc(C(=O)Nc2ccccc2OCC(O)CN2CC(F)C3CC2(N2CNc4ccccc42)O3)cc1. The van der Waals surface area contributed by atoms with Crippen molar-refractivity contribution >= 4 is 23.0 Å². The third-order valence-electron chi connectivity index (χ3n) is 7.46. The van der Waals surface area contributed by atoms with Gasteiger partial charge in [0.15, 0.2) is 0 Å². The first-order valence-corrected chi connectivity index (χ1v) is 12.9. The number of rotatable bonds is 8. The van der Waals surface area contributed by atoms with Gasteiger partial charge < -0.3 is 30.1 Å². The number of aryl methyl sites for hydroxylation is 1. The van der Waals surface area contributed by atoms with E-state index in [9.17, 15) is 14.3 Å². The molecule has 1 amide bonds. The number of nitrogens with zero attached hydrogens (tertiary/aromatic N) is 2. The van der Waals surface area contributed by atoms with Crippen LogP contribution >= 0.6 is 0 Å². The van der Waals surface area contributed by atoms with E-state index in [1.807, 2.05) is 48.2 Å². The minimum Gasteiger partial charge on any atom is -0.489 e. The average Bonchev–Trinajstić information content (AvgIpc) is 3.32. The monoisotopic (exact) mass is 518 g/mol. The van der Waals surface area contributed by atoms with Crippen molar-refractivity contribution in [3.8, 4) is 5.75 Å². The molecule has 3 fully saturated rings. The van der Waals surface area contributed by atoms with E-state index in [-0.39, 0.29) is 25.6 Å². The van der Waals surface area contributed by atoms with Crippen LogP contribution in [0.25, 0.3) is 0 Å². The van der Waals surface area contributed by atoms with Crippen LogP contribution in [0.2, 0.25) is 0 Å². The molecule has 38 heavy (non-hydrogen) atoms. The molecular formula is C29H31FN4O4. The molecule has 198 valence electrons. The summed E-state index contributed by atoms with van der Waals surface area (Å²) in [6, 6.07) is 22.4. The largest absolute Gasteiger partial charge is 0.489 e. The van der Waals surface area contributed by atoms with Gasteiger partial charge in [-0.15, -0.1) is 0 Å². The van der Waals surface area contributed by atoms with Crippen LogP contribution in [0, 0.1) is 6.92 Å². The third kappa shape index (κ3) is 4.47.